The van der Waals surface area contributed by atoms with Crippen molar-refractivity contribution in [2.45, 2.75) is 44.2 Å². The highest BCUT2D eigenvalue weighted by atomic mass is 79.9. The Labute approximate surface area is 218 Å². The number of hydrogen-bond acceptors (Lipinski definition) is 1. The van der Waals surface area contributed by atoms with Crippen LogP contribution in [0.4, 0.5) is 0 Å². The van der Waals surface area contributed by atoms with Crippen LogP contribution in [0.2, 0.25) is 0 Å². The maximum atomic E-state index is 13.3. The molecule has 1 amide bonds. The molecule has 0 radical (unpaired) electrons. The molecule has 2 N–H and O–H groups in total. The van der Waals surface area contributed by atoms with E-state index in [1.54, 1.807) is 0 Å². The van der Waals surface area contributed by atoms with Crippen LogP contribution >= 0.6 is 0 Å². The summed E-state index contributed by atoms with van der Waals surface area (Å²) in [4.78, 5) is 13.3. The number of benzene rings is 3. The van der Waals surface area contributed by atoms with Gasteiger partial charge in [0.15, 0.2) is 0 Å². The lowest BCUT2D eigenvalue weighted by Gasteiger charge is -2.37. The van der Waals surface area contributed by atoms with Gasteiger partial charge in [0, 0.05) is 6.92 Å². The first-order valence-electron chi connectivity index (χ1n) is 12.1. The zero-order valence-corrected chi connectivity index (χ0v) is 21.6. The first-order chi connectivity index (χ1) is 16.6. The third-order valence-corrected chi connectivity index (χ3v) is 7.65. The standard InChI is InChI=1S/C30H31N3O.BrH/c1-23-32(22-24-11-5-2-6-12-24)19-20-33(23)28-18-17-27(21-28)30(29(31)34,25-13-7-3-8-14-25)26-15-9-4-10-16-26;/h2-16,19-20,27-28H,17-18,21-22H2,1H3,(H-,31,34);1H/t27-,28-;/m1./s1. The molecule has 0 spiro atoms. The molecule has 4 aromatic rings. The molecule has 0 saturated heterocycles. The van der Waals surface area contributed by atoms with Crippen LogP contribution in [-0.4, -0.2) is 10.5 Å². The third kappa shape index (κ3) is 4.57. The van der Waals surface area contributed by atoms with E-state index in [-0.39, 0.29) is 28.8 Å². The van der Waals surface area contributed by atoms with Crippen LogP contribution in [0.1, 0.15) is 47.8 Å². The average Bonchev–Trinajstić information content (AvgIpc) is 3.49. The van der Waals surface area contributed by atoms with E-state index < -0.39 is 5.41 Å². The molecule has 1 heterocycles. The Morgan fingerprint density at radius 1 is 0.914 bits per heavy atom. The Bertz CT molecular complexity index is 1220. The van der Waals surface area contributed by atoms with Gasteiger partial charge in [-0.05, 0) is 41.9 Å². The molecule has 0 unspecified atom stereocenters. The fraction of sp³-hybridized carbons (Fsp3) is 0.267. The van der Waals surface area contributed by atoms with Crippen LogP contribution in [0.25, 0.3) is 0 Å². The van der Waals surface area contributed by atoms with E-state index >= 15 is 0 Å². The number of rotatable bonds is 7. The summed E-state index contributed by atoms with van der Waals surface area (Å²) in [6, 6.07) is 31.1. The van der Waals surface area contributed by atoms with Gasteiger partial charge in [0.1, 0.15) is 30.4 Å². The average molecular weight is 531 g/mol. The molecule has 3 aromatic carbocycles. The predicted molar refractivity (Wildman–Crippen MR) is 134 cm³/mol. The number of carbonyl (C=O) groups is 1. The van der Waals surface area contributed by atoms with Crippen molar-refractivity contribution < 1.29 is 26.3 Å². The first-order valence-corrected chi connectivity index (χ1v) is 12.1. The largest absolute Gasteiger partial charge is 1.00 e. The summed E-state index contributed by atoms with van der Waals surface area (Å²) in [7, 11) is 0. The van der Waals surface area contributed by atoms with E-state index in [9.17, 15) is 4.79 Å². The number of amides is 1. The van der Waals surface area contributed by atoms with Gasteiger partial charge >= 0.3 is 0 Å². The van der Waals surface area contributed by atoms with Crippen LogP contribution in [0.15, 0.2) is 103 Å². The van der Waals surface area contributed by atoms with Gasteiger partial charge in [-0.25, -0.2) is 9.13 Å². The first kappa shape index (κ1) is 24.9. The monoisotopic (exact) mass is 529 g/mol. The Morgan fingerprint density at radius 2 is 1.46 bits per heavy atom. The zero-order valence-electron chi connectivity index (χ0n) is 20.1. The maximum absolute atomic E-state index is 13.3. The molecule has 5 rings (SSSR count). The number of primary amides is 1. The molecule has 0 bridgehead atoms. The molecular formula is C30H32BrN3O. The molecule has 4 nitrogen and oxygen atoms in total. The number of carbonyl (C=O) groups excluding carboxylic acids is 1. The Hall–Kier alpha value is -3.18. The van der Waals surface area contributed by atoms with Crippen LogP contribution in [0.3, 0.4) is 0 Å². The van der Waals surface area contributed by atoms with Crippen LogP contribution in [0.5, 0.6) is 0 Å². The van der Waals surface area contributed by atoms with Crippen molar-refractivity contribution in [1.82, 2.24) is 4.57 Å². The smallest absolute Gasteiger partial charge is 0.253 e. The Morgan fingerprint density at radius 3 is 2.00 bits per heavy atom. The van der Waals surface area contributed by atoms with E-state index in [0.717, 1.165) is 36.9 Å². The van der Waals surface area contributed by atoms with Crippen molar-refractivity contribution >= 4 is 5.91 Å². The number of halogens is 1. The molecule has 1 aliphatic rings. The molecule has 35 heavy (non-hydrogen) atoms. The predicted octanol–water partition coefficient (Wildman–Crippen LogP) is 1.95. The van der Waals surface area contributed by atoms with Crippen LogP contribution in [0, 0.1) is 12.8 Å². The van der Waals surface area contributed by atoms with E-state index in [1.807, 2.05) is 36.4 Å². The van der Waals surface area contributed by atoms with Crippen LogP contribution < -0.4 is 27.3 Å². The maximum Gasteiger partial charge on any atom is 0.253 e. The molecule has 1 fully saturated rings. The summed E-state index contributed by atoms with van der Waals surface area (Å²) in [6.07, 6.45) is 7.26. The molecule has 1 aliphatic carbocycles. The number of nitrogens with two attached hydrogens (primary N) is 1. The minimum absolute atomic E-state index is 0. The summed E-state index contributed by atoms with van der Waals surface area (Å²) >= 11 is 0. The second-order valence-corrected chi connectivity index (χ2v) is 9.43. The highest BCUT2D eigenvalue weighted by Gasteiger charge is 2.51. The van der Waals surface area contributed by atoms with Crippen molar-refractivity contribution in [2.24, 2.45) is 11.7 Å². The molecular weight excluding hydrogens is 498 g/mol. The number of hydrogen-bond donors (Lipinski definition) is 1. The Kier molecular flexibility index (Phi) is 7.56. The second-order valence-electron chi connectivity index (χ2n) is 9.43. The summed E-state index contributed by atoms with van der Waals surface area (Å²) in [5.74, 6) is 1.10. The van der Waals surface area contributed by atoms with Crippen molar-refractivity contribution in [3.63, 3.8) is 0 Å². The third-order valence-electron chi connectivity index (χ3n) is 7.65. The number of imidazole rings is 1. The number of aromatic nitrogens is 2. The van der Waals surface area contributed by atoms with Gasteiger partial charge in [0.25, 0.3) is 5.82 Å². The van der Waals surface area contributed by atoms with Gasteiger partial charge < -0.3 is 22.7 Å². The normalized spacial score (nSPS) is 17.6. The number of nitrogens with zero attached hydrogens (tertiary/aromatic N) is 2. The minimum atomic E-state index is -0.835. The van der Waals surface area contributed by atoms with Gasteiger partial charge in [-0.2, -0.15) is 0 Å². The quantitative estimate of drug-likeness (QED) is 0.365. The van der Waals surface area contributed by atoms with Crippen LogP contribution in [-0.2, 0) is 16.8 Å². The molecule has 1 aromatic heterocycles. The summed E-state index contributed by atoms with van der Waals surface area (Å²) in [5.41, 5.74) is 8.70. The Balaban J connectivity index is 0.00000289. The SMILES string of the molecule is Cc1n([C@@H]2CC[C@@H](C(C(N)=O)(c3ccccc3)c3ccccc3)C2)cc[n+]1Cc1ccccc1.[Br-]. The van der Waals surface area contributed by atoms with E-state index in [1.165, 1.54) is 11.4 Å². The van der Waals surface area contributed by atoms with Gasteiger partial charge in [-0.15, -0.1) is 0 Å². The van der Waals surface area contributed by atoms with E-state index in [0.29, 0.717) is 6.04 Å². The fourth-order valence-electron chi connectivity index (χ4n) is 5.98. The van der Waals surface area contributed by atoms with Gasteiger partial charge in [0.2, 0.25) is 5.91 Å². The van der Waals surface area contributed by atoms with Crippen molar-refractivity contribution in [3.8, 4) is 0 Å². The van der Waals surface area contributed by atoms with Crippen molar-refractivity contribution in [3.05, 3.63) is 126 Å². The van der Waals surface area contributed by atoms with E-state index in [2.05, 4.69) is 83.0 Å². The zero-order chi connectivity index (χ0) is 23.5. The minimum Gasteiger partial charge on any atom is -1.00 e. The van der Waals surface area contributed by atoms with Gasteiger partial charge in [-0.1, -0.05) is 91.0 Å². The summed E-state index contributed by atoms with van der Waals surface area (Å²) < 4.78 is 4.70. The highest BCUT2D eigenvalue weighted by Crippen LogP contribution is 2.49. The molecule has 5 heteroatoms. The van der Waals surface area contributed by atoms with Gasteiger partial charge in [-0.3, -0.25) is 4.79 Å². The lowest BCUT2D eigenvalue weighted by Crippen LogP contribution is -3.00. The summed E-state index contributed by atoms with van der Waals surface area (Å²) in [5, 5.41) is 0. The lowest BCUT2D eigenvalue weighted by atomic mass is 9.64. The van der Waals surface area contributed by atoms with Gasteiger partial charge in [0.05, 0.1) is 0 Å². The second kappa shape index (κ2) is 10.6. The van der Waals surface area contributed by atoms with Crippen molar-refractivity contribution in [1.29, 1.82) is 0 Å². The van der Waals surface area contributed by atoms with E-state index in [4.69, 9.17) is 5.73 Å². The highest BCUT2D eigenvalue weighted by molar-refractivity contribution is 5.91. The molecule has 1 saturated carbocycles. The lowest BCUT2D eigenvalue weighted by molar-refractivity contribution is -0.694. The topological polar surface area (TPSA) is 51.9 Å². The molecule has 2 atom stereocenters. The fourth-order valence-corrected chi connectivity index (χ4v) is 5.98. The molecule has 0 aliphatic heterocycles. The van der Waals surface area contributed by atoms with Crippen molar-refractivity contribution in [2.75, 3.05) is 0 Å². The molecule has 180 valence electrons. The summed E-state index contributed by atoms with van der Waals surface area (Å²) in [6.45, 7) is 3.04.